The molecule has 180 valence electrons. The first-order chi connectivity index (χ1) is 19.4. The molecule has 0 saturated heterocycles. The summed E-state index contributed by atoms with van der Waals surface area (Å²) in [5.41, 5.74) is 14.3. The van der Waals surface area contributed by atoms with E-state index in [1.807, 2.05) is 0 Å². The SMILES string of the molecule is c1ccc(N(c2ccccc2)c2cccc3c4cccc5c4n(c23)-c2cccc3c2B5c2ccccc2-3)cc1. The summed E-state index contributed by atoms with van der Waals surface area (Å²) >= 11 is 0. The fraction of sp³-hybridized carbons (Fsp3) is 0. The lowest BCUT2D eigenvalue weighted by Crippen LogP contribution is -2.53. The van der Waals surface area contributed by atoms with E-state index in [4.69, 9.17) is 0 Å². The Bertz CT molecular complexity index is 2040. The molecule has 0 unspecified atom stereocenters. The molecule has 0 aliphatic carbocycles. The van der Waals surface area contributed by atoms with Crippen molar-refractivity contribution in [3.05, 3.63) is 140 Å². The second-order valence-corrected chi connectivity index (χ2v) is 10.5. The van der Waals surface area contributed by atoms with E-state index >= 15 is 0 Å². The van der Waals surface area contributed by atoms with Gasteiger partial charge in [-0.2, -0.15) is 0 Å². The van der Waals surface area contributed by atoms with Crippen LogP contribution in [0.4, 0.5) is 17.1 Å². The summed E-state index contributed by atoms with van der Waals surface area (Å²) in [5, 5.41) is 2.60. The molecule has 0 amide bonds. The van der Waals surface area contributed by atoms with Crippen LogP contribution in [0.1, 0.15) is 0 Å². The number of aromatic nitrogens is 1. The Morgan fingerprint density at radius 3 is 1.82 bits per heavy atom. The highest BCUT2D eigenvalue weighted by molar-refractivity contribution is 7.01. The van der Waals surface area contributed by atoms with E-state index in [0.29, 0.717) is 0 Å². The van der Waals surface area contributed by atoms with E-state index in [2.05, 4.69) is 149 Å². The molecule has 9 rings (SSSR count). The number of hydrogen-bond donors (Lipinski definition) is 0. The van der Waals surface area contributed by atoms with Gasteiger partial charge in [-0.15, -0.1) is 0 Å². The Morgan fingerprint density at radius 2 is 1.05 bits per heavy atom. The van der Waals surface area contributed by atoms with Gasteiger partial charge in [0.05, 0.1) is 11.2 Å². The van der Waals surface area contributed by atoms with Crippen LogP contribution in [0, 0.1) is 0 Å². The van der Waals surface area contributed by atoms with Crippen molar-refractivity contribution in [1.82, 2.24) is 4.57 Å². The molecule has 2 nitrogen and oxygen atoms in total. The molecule has 2 aliphatic rings. The minimum absolute atomic E-state index is 0.260. The van der Waals surface area contributed by atoms with E-state index in [1.165, 1.54) is 60.7 Å². The maximum Gasteiger partial charge on any atom is 0.248 e. The molecule has 39 heavy (non-hydrogen) atoms. The van der Waals surface area contributed by atoms with E-state index < -0.39 is 0 Å². The van der Waals surface area contributed by atoms with Crippen molar-refractivity contribution in [2.75, 3.05) is 4.90 Å². The van der Waals surface area contributed by atoms with Crippen molar-refractivity contribution in [3.8, 4) is 16.8 Å². The number of hydrogen-bond acceptors (Lipinski definition) is 1. The summed E-state index contributed by atoms with van der Waals surface area (Å²) in [5.74, 6) is 0. The first-order valence-electron chi connectivity index (χ1n) is 13.6. The van der Waals surface area contributed by atoms with Crippen LogP contribution in [0.3, 0.4) is 0 Å². The highest BCUT2D eigenvalue weighted by Crippen LogP contribution is 2.44. The van der Waals surface area contributed by atoms with Crippen molar-refractivity contribution in [2.24, 2.45) is 0 Å². The molecule has 0 bridgehead atoms. The number of nitrogens with zero attached hydrogens (tertiary/aromatic N) is 2. The average Bonchev–Trinajstić information content (AvgIpc) is 3.53. The standard InChI is InChI=1S/C36H23BN2/c1-3-12-24(13-4-1)38(25-14-5-2-6-15-25)33-23-11-19-29-28-18-9-21-31-35(28)39(36(29)33)32-22-10-17-27-26-16-7-8-20-30(26)37(31)34(27)32/h1-23H. The third-order valence-electron chi connectivity index (χ3n) is 8.57. The second-order valence-electron chi connectivity index (χ2n) is 10.5. The highest BCUT2D eigenvalue weighted by atomic mass is 15.2. The predicted octanol–water partition coefficient (Wildman–Crippen LogP) is 7.06. The maximum atomic E-state index is 2.55. The van der Waals surface area contributed by atoms with Gasteiger partial charge in [0.1, 0.15) is 0 Å². The van der Waals surface area contributed by atoms with E-state index in [1.54, 1.807) is 0 Å². The molecule has 0 radical (unpaired) electrons. The Kier molecular flexibility index (Phi) is 4.17. The van der Waals surface area contributed by atoms with Gasteiger partial charge in [0.25, 0.3) is 0 Å². The van der Waals surface area contributed by atoms with E-state index in [-0.39, 0.29) is 6.71 Å². The fourth-order valence-electron chi connectivity index (χ4n) is 7.12. The second kappa shape index (κ2) is 7.75. The third kappa shape index (κ3) is 2.72. The number of benzene rings is 6. The van der Waals surface area contributed by atoms with Crippen LogP contribution in [0.2, 0.25) is 0 Å². The summed E-state index contributed by atoms with van der Waals surface area (Å²) < 4.78 is 2.55. The van der Waals surface area contributed by atoms with Crippen LogP contribution in [-0.4, -0.2) is 11.3 Å². The third-order valence-corrected chi connectivity index (χ3v) is 8.57. The fourth-order valence-corrected chi connectivity index (χ4v) is 7.12. The highest BCUT2D eigenvalue weighted by Gasteiger charge is 2.41. The van der Waals surface area contributed by atoms with Gasteiger partial charge in [0.15, 0.2) is 0 Å². The smallest absolute Gasteiger partial charge is 0.248 e. The summed E-state index contributed by atoms with van der Waals surface area (Å²) in [4.78, 5) is 2.40. The molecule has 0 fully saturated rings. The molecule has 1 aromatic heterocycles. The Morgan fingerprint density at radius 1 is 0.462 bits per heavy atom. The molecule has 0 saturated carbocycles. The lowest BCUT2D eigenvalue weighted by Gasteiger charge is -2.29. The number of rotatable bonds is 3. The van der Waals surface area contributed by atoms with Gasteiger partial charge in [-0.05, 0) is 58.5 Å². The van der Waals surface area contributed by atoms with Gasteiger partial charge in [0, 0.05) is 33.4 Å². The molecule has 0 atom stereocenters. The molecule has 3 heteroatoms. The zero-order chi connectivity index (χ0) is 25.5. The Hall–Kier alpha value is -5.02. The van der Waals surface area contributed by atoms with Gasteiger partial charge in [-0.3, -0.25) is 0 Å². The summed E-state index contributed by atoms with van der Waals surface area (Å²) in [6, 6.07) is 50.9. The van der Waals surface area contributed by atoms with Crippen molar-refractivity contribution in [3.63, 3.8) is 0 Å². The quantitative estimate of drug-likeness (QED) is 0.239. The number of anilines is 3. The lowest BCUT2D eigenvalue weighted by molar-refractivity contribution is 1.18. The minimum atomic E-state index is 0.260. The molecule has 0 N–H and O–H groups in total. The van der Waals surface area contributed by atoms with Gasteiger partial charge in [-0.25, -0.2) is 0 Å². The van der Waals surface area contributed by atoms with Crippen molar-refractivity contribution >= 4 is 62.0 Å². The van der Waals surface area contributed by atoms with Crippen LogP contribution in [0.5, 0.6) is 0 Å². The van der Waals surface area contributed by atoms with E-state index in [9.17, 15) is 0 Å². The predicted molar refractivity (Wildman–Crippen MR) is 166 cm³/mol. The zero-order valence-electron chi connectivity index (χ0n) is 21.3. The summed E-state index contributed by atoms with van der Waals surface area (Å²) in [7, 11) is 0. The van der Waals surface area contributed by atoms with Gasteiger partial charge < -0.3 is 9.47 Å². The van der Waals surface area contributed by atoms with Crippen LogP contribution in [0.15, 0.2) is 140 Å². The monoisotopic (exact) mass is 494 g/mol. The Balaban J connectivity index is 1.45. The Labute approximate surface area is 227 Å². The first kappa shape index (κ1) is 21.0. The normalized spacial score (nSPS) is 12.6. The van der Waals surface area contributed by atoms with Crippen molar-refractivity contribution < 1.29 is 0 Å². The molecule has 6 aromatic carbocycles. The summed E-state index contributed by atoms with van der Waals surface area (Å²) in [6.45, 7) is 0.260. The summed E-state index contributed by atoms with van der Waals surface area (Å²) in [6.07, 6.45) is 0. The van der Waals surface area contributed by atoms with Gasteiger partial charge in [0.2, 0.25) is 6.71 Å². The molecular formula is C36H23BN2. The van der Waals surface area contributed by atoms with Crippen LogP contribution in [-0.2, 0) is 0 Å². The van der Waals surface area contributed by atoms with Crippen molar-refractivity contribution in [1.29, 1.82) is 0 Å². The lowest BCUT2D eigenvalue weighted by atomic mass is 9.37. The maximum absolute atomic E-state index is 2.55. The average molecular weight is 494 g/mol. The largest absolute Gasteiger partial charge is 0.308 e. The van der Waals surface area contributed by atoms with E-state index in [0.717, 1.165) is 11.4 Å². The molecule has 2 aliphatic heterocycles. The van der Waals surface area contributed by atoms with Crippen LogP contribution < -0.4 is 21.3 Å². The first-order valence-corrected chi connectivity index (χ1v) is 13.6. The molecule has 7 aromatic rings. The van der Waals surface area contributed by atoms with Crippen LogP contribution >= 0.6 is 0 Å². The van der Waals surface area contributed by atoms with Crippen LogP contribution in [0.25, 0.3) is 38.6 Å². The molecule has 0 spiro atoms. The van der Waals surface area contributed by atoms with Gasteiger partial charge in [-0.1, -0.05) is 109 Å². The number of fused-ring (bicyclic) bond motifs is 8. The minimum Gasteiger partial charge on any atom is -0.308 e. The molecular weight excluding hydrogens is 471 g/mol. The molecule has 3 heterocycles. The van der Waals surface area contributed by atoms with Gasteiger partial charge >= 0.3 is 0 Å². The van der Waals surface area contributed by atoms with Crippen molar-refractivity contribution in [2.45, 2.75) is 0 Å². The topological polar surface area (TPSA) is 8.17 Å². The zero-order valence-corrected chi connectivity index (χ0v) is 21.3. The number of para-hydroxylation sites is 4.